The SMILES string of the molecule is O=S(=O)(c1cccs1)N1CCC2(CC1)CN(c1nc(Cc3ccc(F)cc3)ns1)C2. The average Bonchev–Trinajstić information content (AvgIpc) is 3.40. The molecule has 0 saturated carbocycles. The van der Waals surface area contributed by atoms with Crippen molar-refractivity contribution in [2.45, 2.75) is 23.5 Å². The maximum Gasteiger partial charge on any atom is 0.252 e. The molecule has 2 fully saturated rings. The number of nitrogens with zero attached hydrogens (tertiary/aromatic N) is 4. The molecule has 0 atom stereocenters. The molecule has 2 aliphatic rings. The summed E-state index contributed by atoms with van der Waals surface area (Å²) < 4.78 is 45.0. The lowest BCUT2D eigenvalue weighted by Crippen LogP contribution is -2.60. The van der Waals surface area contributed by atoms with Gasteiger partial charge in [-0.25, -0.2) is 17.8 Å². The van der Waals surface area contributed by atoms with Crippen molar-refractivity contribution in [1.29, 1.82) is 0 Å². The third-order valence-electron chi connectivity index (χ3n) is 5.93. The van der Waals surface area contributed by atoms with Crippen LogP contribution in [-0.4, -0.2) is 48.3 Å². The molecule has 0 unspecified atom stereocenters. The standard InChI is InChI=1S/C20H21FN4O2S3/c21-16-5-3-15(4-6-16)12-17-22-19(29-23-17)24-13-20(14-24)7-9-25(10-8-20)30(26,27)18-2-1-11-28-18/h1-6,11H,7-10,12-14H2. The Morgan fingerprint density at radius 1 is 1.10 bits per heavy atom. The highest BCUT2D eigenvalue weighted by molar-refractivity contribution is 7.91. The second kappa shape index (κ2) is 7.67. The van der Waals surface area contributed by atoms with Crippen molar-refractivity contribution in [2.75, 3.05) is 31.1 Å². The number of rotatable bonds is 5. The first-order valence-electron chi connectivity index (χ1n) is 9.79. The first-order chi connectivity index (χ1) is 14.4. The Balaban J connectivity index is 1.17. The number of hydrogen-bond donors (Lipinski definition) is 0. The van der Waals surface area contributed by atoms with Gasteiger partial charge in [0.1, 0.15) is 15.9 Å². The normalized spacial score (nSPS) is 19.2. The van der Waals surface area contributed by atoms with Crippen LogP contribution in [0.2, 0.25) is 0 Å². The van der Waals surface area contributed by atoms with Crippen LogP contribution in [0.1, 0.15) is 24.2 Å². The molecule has 0 aliphatic carbocycles. The van der Waals surface area contributed by atoms with Gasteiger partial charge in [-0.05, 0) is 42.0 Å². The second-order valence-corrected chi connectivity index (χ2v) is 11.8. The van der Waals surface area contributed by atoms with E-state index in [9.17, 15) is 12.8 Å². The molecular formula is C20H21FN4O2S3. The largest absolute Gasteiger partial charge is 0.346 e. The molecule has 2 aromatic heterocycles. The fourth-order valence-corrected chi connectivity index (χ4v) is 7.45. The van der Waals surface area contributed by atoms with E-state index in [1.54, 1.807) is 34.0 Å². The van der Waals surface area contributed by atoms with Crippen LogP contribution in [0.5, 0.6) is 0 Å². The second-order valence-electron chi connectivity index (χ2n) is 7.99. The van der Waals surface area contributed by atoms with Crippen molar-refractivity contribution in [3.63, 3.8) is 0 Å². The molecule has 0 radical (unpaired) electrons. The Hall–Kier alpha value is -1.88. The van der Waals surface area contributed by atoms with Crippen molar-refractivity contribution in [1.82, 2.24) is 13.7 Å². The van der Waals surface area contributed by atoms with E-state index >= 15 is 0 Å². The van der Waals surface area contributed by atoms with Gasteiger partial charge in [-0.2, -0.15) is 8.68 Å². The van der Waals surface area contributed by atoms with Crippen LogP contribution in [0.4, 0.5) is 9.52 Å². The molecule has 0 amide bonds. The van der Waals surface area contributed by atoms with Gasteiger partial charge in [-0.1, -0.05) is 18.2 Å². The van der Waals surface area contributed by atoms with E-state index in [0.717, 1.165) is 42.5 Å². The van der Waals surface area contributed by atoms with Crippen molar-refractivity contribution < 1.29 is 12.8 Å². The molecule has 6 nitrogen and oxygen atoms in total. The molecule has 1 spiro atoms. The van der Waals surface area contributed by atoms with E-state index in [1.807, 2.05) is 0 Å². The van der Waals surface area contributed by atoms with E-state index in [1.165, 1.54) is 35.0 Å². The average molecular weight is 465 g/mol. The highest BCUT2D eigenvalue weighted by Gasteiger charge is 2.47. The molecule has 3 aromatic rings. The van der Waals surface area contributed by atoms with Crippen LogP contribution < -0.4 is 4.90 Å². The maximum absolute atomic E-state index is 13.1. The van der Waals surface area contributed by atoms with Gasteiger partial charge in [0.05, 0.1) is 0 Å². The van der Waals surface area contributed by atoms with E-state index in [-0.39, 0.29) is 11.2 Å². The van der Waals surface area contributed by atoms with Crippen LogP contribution >= 0.6 is 22.9 Å². The summed E-state index contributed by atoms with van der Waals surface area (Å²) in [5.74, 6) is 0.505. The van der Waals surface area contributed by atoms with Gasteiger partial charge in [0.2, 0.25) is 5.13 Å². The quantitative estimate of drug-likeness (QED) is 0.577. The molecule has 1 aromatic carbocycles. The highest BCUT2D eigenvalue weighted by Crippen LogP contribution is 2.44. The van der Waals surface area contributed by atoms with Gasteiger partial charge in [0.25, 0.3) is 10.0 Å². The third-order valence-corrected chi connectivity index (χ3v) is 10.0. The number of piperidine rings is 1. The van der Waals surface area contributed by atoms with Crippen LogP contribution in [0.25, 0.3) is 0 Å². The number of halogens is 1. The van der Waals surface area contributed by atoms with Crippen molar-refractivity contribution >= 4 is 38.0 Å². The summed E-state index contributed by atoms with van der Waals surface area (Å²) in [6.45, 7) is 2.93. The third kappa shape index (κ3) is 3.77. The molecule has 10 heteroatoms. The fraction of sp³-hybridized carbons (Fsp3) is 0.400. The Labute approximate surface area is 183 Å². The Morgan fingerprint density at radius 2 is 1.83 bits per heavy atom. The minimum Gasteiger partial charge on any atom is -0.346 e. The van der Waals surface area contributed by atoms with Crippen molar-refractivity contribution in [3.05, 3.63) is 59.0 Å². The van der Waals surface area contributed by atoms with Gasteiger partial charge in [0, 0.05) is 49.5 Å². The predicted octanol–water partition coefficient (Wildman–Crippen LogP) is 3.62. The summed E-state index contributed by atoms with van der Waals surface area (Å²) >= 11 is 2.67. The first-order valence-corrected chi connectivity index (χ1v) is 12.9. The fourth-order valence-electron chi connectivity index (χ4n) is 4.18. The molecule has 30 heavy (non-hydrogen) atoms. The van der Waals surface area contributed by atoms with Gasteiger partial charge >= 0.3 is 0 Å². The van der Waals surface area contributed by atoms with E-state index in [0.29, 0.717) is 23.7 Å². The number of sulfonamides is 1. The van der Waals surface area contributed by atoms with Gasteiger partial charge in [-0.3, -0.25) is 0 Å². The summed E-state index contributed by atoms with van der Waals surface area (Å²) in [4.78, 5) is 6.88. The molecule has 4 heterocycles. The molecular weight excluding hydrogens is 443 g/mol. The topological polar surface area (TPSA) is 66.4 Å². The minimum atomic E-state index is -3.35. The highest BCUT2D eigenvalue weighted by atomic mass is 32.2. The van der Waals surface area contributed by atoms with Gasteiger partial charge < -0.3 is 4.90 Å². The van der Waals surface area contributed by atoms with E-state index in [4.69, 9.17) is 0 Å². The number of thiophene rings is 1. The predicted molar refractivity (Wildman–Crippen MR) is 116 cm³/mol. The lowest BCUT2D eigenvalue weighted by Gasteiger charge is -2.53. The Bertz CT molecular complexity index is 1110. The summed E-state index contributed by atoms with van der Waals surface area (Å²) in [7, 11) is -3.35. The molecule has 158 valence electrons. The summed E-state index contributed by atoms with van der Waals surface area (Å²) in [5, 5.41) is 2.71. The summed E-state index contributed by atoms with van der Waals surface area (Å²) in [6.07, 6.45) is 2.33. The Kier molecular flexibility index (Phi) is 5.12. The monoisotopic (exact) mass is 464 g/mol. The molecule has 0 N–H and O–H groups in total. The Morgan fingerprint density at radius 3 is 2.50 bits per heavy atom. The van der Waals surface area contributed by atoms with Crippen LogP contribution in [-0.2, 0) is 16.4 Å². The lowest BCUT2D eigenvalue weighted by molar-refractivity contribution is 0.115. The molecule has 2 saturated heterocycles. The zero-order chi connectivity index (χ0) is 20.8. The van der Waals surface area contributed by atoms with E-state index < -0.39 is 10.0 Å². The van der Waals surface area contributed by atoms with Crippen LogP contribution in [0.3, 0.4) is 0 Å². The summed E-state index contributed by atoms with van der Waals surface area (Å²) in [6, 6.07) is 9.87. The van der Waals surface area contributed by atoms with Crippen molar-refractivity contribution in [3.8, 4) is 0 Å². The molecule has 2 aliphatic heterocycles. The first kappa shape index (κ1) is 20.0. The van der Waals surface area contributed by atoms with Gasteiger partial charge in [0.15, 0.2) is 0 Å². The smallest absolute Gasteiger partial charge is 0.252 e. The molecule has 5 rings (SSSR count). The van der Waals surface area contributed by atoms with Crippen LogP contribution in [0, 0.1) is 11.2 Å². The van der Waals surface area contributed by atoms with Gasteiger partial charge in [-0.15, -0.1) is 11.3 Å². The van der Waals surface area contributed by atoms with Crippen LogP contribution in [0.15, 0.2) is 46.0 Å². The zero-order valence-electron chi connectivity index (χ0n) is 16.2. The number of hydrogen-bond acceptors (Lipinski definition) is 7. The van der Waals surface area contributed by atoms with Crippen molar-refractivity contribution in [2.24, 2.45) is 5.41 Å². The van der Waals surface area contributed by atoms with E-state index in [2.05, 4.69) is 14.3 Å². The number of aromatic nitrogens is 2. The number of anilines is 1. The number of benzene rings is 1. The molecule has 0 bridgehead atoms. The lowest BCUT2D eigenvalue weighted by atomic mass is 9.73. The minimum absolute atomic E-state index is 0.171. The zero-order valence-corrected chi connectivity index (χ0v) is 18.6. The maximum atomic E-state index is 13.1. The summed E-state index contributed by atoms with van der Waals surface area (Å²) in [5.41, 5.74) is 1.16.